The Bertz CT molecular complexity index is 993. The zero-order valence-corrected chi connectivity index (χ0v) is 14.4. The number of carbonyl (C=O) groups is 1. The molecule has 8 nitrogen and oxygen atoms in total. The summed E-state index contributed by atoms with van der Waals surface area (Å²) >= 11 is 0. The smallest absolute Gasteiger partial charge is 0.322 e. The van der Waals surface area contributed by atoms with E-state index in [9.17, 15) is 26.7 Å². The van der Waals surface area contributed by atoms with Crippen molar-refractivity contribution in [3.05, 3.63) is 60.2 Å². The molecule has 132 valence electrons. The van der Waals surface area contributed by atoms with E-state index in [2.05, 4.69) is 9.08 Å². The van der Waals surface area contributed by atoms with Gasteiger partial charge in [0, 0.05) is 0 Å². The summed E-state index contributed by atoms with van der Waals surface area (Å²) in [5.74, 6) is -1.35. The second kappa shape index (κ2) is 8.01. The van der Waals surface area contributed by atoms with Crippen LogP contribution in [0.1, 0.15) is 5.56 Å². The van der Waals surface area contributed by atoms with Gasteiger partial charge in [-0.15, -0.1) is 4.36 Å². The number of hydrogen-bond acceptors (Lipinski definition) is 6. The lowest BCUT2D eigenvalue weighted by Crippen LogP contribution is -2.42. The van der Waals surface area contributed by atoms with E-state index in [4.69, 9.17) is 0 Å². The molecule has 0 spiro atoms. The third-order valence-electron chi connectivity index (χ3n) is 3.18. The molecule has 0 saturated heterocycles. The van der Waals surface area contributed by atoms with Crippen molar-refractivity contribution >= 4 is 32.2 Å². The number of rotatable bonds is 7. The average molecular weight is 382 g/mol. The van der Waals surface area contributed by atoms with Gasteiger partial charge < -0.3 is 5.11 Å². The van der Waals surface area contributed by atoms with Crippen LogP contribution in [0.25, 0.3) is 0 Å². The zero-order chi connectivity index (χ0) is 18.4. The number of carboxylic acid groups (broad SMARTS) is 1. The summed E-state index contributed by atoms with van der Waals surface area (Å²) in [7, 11) is -6.65. The second-order valence-corrected chi connectivity index (χ2v) is 7.34. The van der Waals surface area contributed by atoms with Crippen molar-refractivity contribution < 1.29 is 26.7 Å². The summed E-state index contributed by atoms with van der Waals surface area (Å²) in [5, 5.41) is 9.31. The summed E-state index contributed by atoms with van der Waals surface area (Å²) < 4.78 is 51.2. The largest absolute Gasteiger partial charge is 0.480 e. The molecule has 1 unspecified atom stereocenters. The normalized spacial score (nSPS) is 12.3. The molecule has 1 atom stereocenters. The Hall–Kier alpha value is -2.56. The summed E-state index contributed by atoms with van der Waals surface area (Å²) in [5.41, 5.74) is 0.552. The van der Waals surface area contributed by atoms with Crippen molar-refractivity contribution in [3.63, 3.8) is 0 Å². The third-order valence-corrected chi connectivity index (χ3v) is 5.03. The van der Waals surface area contributed by atoms with Crippen molar-refractivity contribution in [3.8, 4) is 0 Å². The lowest BCUT2D eigenvalue weighted by atomic mass is 10.1. The van der Waals surface area contributed by atoms with E-state index in [0.29, 0.717) is 5.56 Å². The number of benzene rings is 2. The summed E-state index contributed by atoms with van der Waals surface area (Å²) in [6, 6.07) is 11.9. The first-order valence-corrected chi connectivity index (χ1v) is 9.50. The van der Waals surface area contributed by atoms with Crippen molar-refractivity contribution in [2.75, 3.05) is 0 Å². The molecule has 0 radical (unpaired) electrons. The number of carboxylic acids is 1. The predicted octanol–water partition coefficient (Wildman–Crippen LogP) is 1.35. The molecule has 0 heterocycles. The SMILES string of the molecule is O=C(O)C(Cc1cccc(N=S(=O)=O)c1)NS(=O)(=O)c1ccccc1. The van der Waals surface area contributed by atoms with E-state index in [1.54, 1.807) is 12.1 Å². The van der Waals surface area contributed by atoms with Gasteiger partial charge in [0.25, 0.3) is 0 Å². The number of nitrogens with zero attached hydrogens (tertiary/aromatic N) is 1. The standard InChI is InChI=1S/C15H14N2O6S2/c18-15(19)14(17-25(22,23)13-7-2-1-3-8-13)10-11-5-4-6-12(9-11)16-24(20)21/h1-9,14,17H,10H2,(H,18,19). The minimum atomic E-state index is -4.01. The van der Waals surface area contributed by atoms with Gasteiger partial charge in [-0.1, -0.05) is 30.3 Å². The van der Waals surface area contributed by atoms with Crippen LogP contribution in [0, 0.1) is 0 Å². The molecule has 0 amide bonds. The number of aliphatic carboxylic acids is 1. The van der Waals surface area contributed by atoms with Crippen molar-refractivity contribution in [2.45, 2.75) is 17.4 Å². The molecule has 0 fully saturated rings. The van der Waals surface area contributed by atoms with Gasteiger partial charge in [0.2, 0.25) is 10.0 Å². The first-order chi connectivity index (χ1) is 11.8. The fourth-order valence-corrected chi connectivity index (χ4v) is 3.59. The maximum absolute atomic E-state index is 12.3. The van der Waals surface area contributed by atoms with E-state index in [-0.39, 0.29) is 17.0 Å². The van der Waals surface area contributed by atoms with Crippen LogP contribution in [0.5, 0.6) is 0 Å². The summed E-state index contributed by atoms with van der Waals surface area (Å²) in [4.78, 5) is 11.4. The maximum Gasteiger partial charge on any atom is 0.322 e. The monoisotopic (exact) mass is 382 g/mol. The Labute approximate surface area is 145 Å². The fraction of sp³-hybridized carbons (Fsp3) is 0.133. The van der Waals surface area contributed by atoms with Gasteiger partial charge >= 0.3 is 16.5 Å². The van der Waals surface area contributed by atoms with Crippen molar-refractivity contribution in [2.24, 2.45) is 4.36 Å². The summed E-state index contributed by atoms with van der Waals surface area (Å²) in [6.45, 7) is 0. The molecule has 0 saturated carbocycles. The molecule has 10 heteroatoms. The fourth-order valence-electron chi connectivity index (χ4n) is 2.10. The van der Waals surface area contributed by atoms with Gasteiger partial charge in [0.15, 0.2) is 0 Å². The first kappa shape index (κ1) is 18.8. The maximum atomic E-state index is 12.3. The second-order valence-electron chi connectivity index (χ2n) is 5.01. The highest BCUT2D eigenvalue weighted by molar-refractivity contribution is 7.89. The topological polar surface area (TPSA) is 130 Å². The highest BCUT2D eigenvalue weighted by atomic mass is 32.2. The molecule has 0 aliphatic rings. The van der Waals surface area contributed by atoms with Crippen LogP contribution < -0.4 is 4.72 Å². The molecule has 25 heavy (non-hydrogen) atoms. The van der Waals surface area contributed by atoms with E-state index in [0.717, 1.165) is 0 Å². The Morgan fingerprint density at radius 2 is 1.80 bits per heavy atom. The molecule has 2 rings (SSSR count). The van der Waals surface area contributed by atoms with Crippen LogP contribution in [-0.2, 0) is 31.7 Å². The van der Waals surface area contributed by atoms with E-state index < -0.39 is 32.5 Å². The van der Waals surface area contributed by atoms with E-state index in [1.807, 2.05) is 0 Å². The third kappa shape index (κ3) is 5.48. The van der Waals surface area contributed by atoms with Gasteiger partial charge in [0.05, 0.1) is 10.6 Å². The Morgan fingerprint density at radius 3 is 2.40 bits per heavy atom. The Kier molecular flexibility index (Phi) is 6.02. The average Bonchev–Trinajstić information content (AvgIpc) is 2.54. The quantitative estimate of drug-likeness (QED) is 0.743. The minimum absolute atomic E-state index is 0.0493. The van der Waals surface area contributed by atoms with Gasteiger partial charge in [-0.25, -0.2) is 8.42 Å². The van der Waals surface area contributed by atoms with Crippen LogP contribution in [0.15, 0.2) is 63.9 Å². The van der Waals surface area contributed by atoms with Crippen LogP contribution in [0.4, 0.5) is 5.69 Å². The van der Waals surface area contributed by atoms with Gasteiger partial charge in [-0.05, 0) is 36.2 Å². The summed E-state index contributed by atoms with van der Waals surface area (Å²) in [6.07, 6.45) is -0.170. The van der Waals surface area contributed by atoms with Gasteiger partial charge in [-0.2, -0.15) is 13.1 Å². The minimum Gasteiger partial charge on any atom is -0.480 e. The number of sulfonamides is 1. The molecular weight excluding hydrogens is 368 g/mol. The Balaban J connectivity index is 2.25. The first-order valence-electron chi connectivity index (χ1n) is 6.98. The zero-order valence-electron chi connectivity index (χ0n) is 12.7. The lowest BCUT2D eigenvalue weighted by Gasteiger charge is -2.15. The molecular formula is C15H14N2O6S2. The lowest BCUT2D eigenvalue weighted by molar-refractivity contribution is -0.138. The van der Waals surface area contributed by atoms with Crippen LogP contribution in [0.2, 0.25) is 0 Å². The number of hydrogen-bond donors (Lipinski definition) is 2. The predicted molar refractivity (Wildman–Crippen MR) is 89.3 cm³/mol. The van der Waals surface area contributed by atoms with Crippen LogP contribution in [-0.4, -0.2) is 34.0 Å². The Morgan fingerprint density at radius 1 is 1.12 bits per heavy atom. The van der Waals surface area contributed by atoms with E-state index in [1.165, 1.54) is 42.5 Å². The molecule has 2 aromatic carbocycles. The van der Waals surface area contributed by atoms with Gasteiger partial charge in [0.1, 0.15) is 6.04 Å². The van der Waals surface area contributed by atoms with Crippen molar-refractivity contribution in [1.82, 2.24) is 4.72 Å². The molecule has 0 bridgehead atoms. The highest BCUT2D eigenvalue weighted by Crippen LogP contribution is 2.16. The molecule has 0 aliphatic heterocycles. The number of nitrogens with one attached hydrogen (secondary N) is 1. The van der Waals surface area contributed by atoms with Gasteiger partial charge in [-0.3, -0.25) is 4.79 Å². The molecule has 0 aliphatic carbocycles. The molecule has 2 aromatic rings. The molecule has 2 N–H and O–H groups in total. The van der Waals surface area contributed by atoms with Crippen LogP contribution >= 0.6 is 0 Å². The van der Waals surface area contributed by atoms with Crippen molar-refractivity contribution in [1.29, 1.82) is 0 Å². The highest BCUT2D eigenvalue weighted by Gasteiger charge is 2.25. The van der Waals surface area contributed by atoms with Crippen LogP contribution in [0.3, 0.4) is 0 Å². The van der Waals surface area contributed by atoms with E-state index >= 15 is 0 Å². The molecule has 0 aromatic heterocycles.